The molecule has 0 aliphatic heterocycles. The van der Waals surface area contributed by atoms with Crippen molar-refractivity contribution in [2.24, 2.45) is 0 Å². The molecule has 0 unspecified atom stereocenters. The quantitative estimate of drug-likeness (QED) is 0.217. The van der Waals surface area contributed by atoms with Crippen LogP contribution in [0.4, 0.5) is 0 Å². The lowest BCUT2D eigenvalue weighted by Gasteiger charge is -2.22. The summed E-state index contributed by atoms with van der Waals surface area (Å²) in [6.07, 6.45) is 14.0. The van der Waals surface area contributed by atoms with E-state index in [1.54, 1.807) is 12.1 Å². The van der Waals surface area contributed by atoms with Crippen LogP contribution in [0.15, 0.2) is 48.5 Å². The molecule has 0 heterocycles. The van der Waals surface area contributed by atoms with E-state index in [9.17, 15) is 4.79 Å². The lowest BCUT2D eigenvalue weighted by molar-refractivity contribution is 0.0734. The van der Waals surface area contributed by atoms with E-state index in [0.29, 0.717) is 17.2 Å². The summed E-state index contributed by atoms with van der Waals surface area (Å²) >= 11 is 0. The maximum absolute atomic E-state index is 12.4. The summed E-state index contributed by atoms with van der Waals surface area (Å²) in [6, 6.07) is 15.3. The second-order valence-corrected chi connectivity index (χ2v) is 8.43. The number of esters is 1. The van der Waals surface area contributed by atoms with Gasteiger partial charge in [0.25, 0.3) is 0 Å². The van der Waals surface area contributed by atoms with E-state index in [0.717, 1.165) is 18.8 Å². The molecule has 3 rings (SSSR count). The van der Waals surface area contributed by atoms with Crippen molar-refractivity contribution in [2.75, 3.05) is 6.61 Å². The molecule has 0 amide bonds. The molecule has 3 nitrogen and oxygen atoms in total. The average Bonchev–Trinajstić information content (AvgIpc) is 2.80. The predicted molar refractivity (Wildman–Crippen MR) is 123 cm³/mol. The summed E-state index contributed by atoms with van der Waals surface area (Å²) in [5, 5.41) is 0. The molecule has 2 aromatic carbocycles. The van der Waals surface area contributed by atoms with Crippen molar-refractivity contribution in [3.05, 3.63) is 59.7 Å². The summed E-state index contributed by atoms with van der Waals surface area (Å²) in [4.78, 5) is 12.4. The maximum Gasteiger partial charge on any atom is 0.343 e. The highest BCUT2D eigenvalue weighted by molar-refractivity contribution is 5.91. The van der Waals surface area contributed by atoms with Gasteiger partial charge in [-0.3, -0.25) is 0 Å². The van der Waals surface area contributed by atoms with Gasteiger partial charge in [-0.1, -0.05) is 70.4 Å². The molecule has 2 aromatic rings. The highest BCUT2D eigenvalue weighted by Gasteiger charge is 2.16. The largest absolute Gasteiger partial charge is 0.494 e. The van der Waals surface area contributed by atoms with Crippen LogP contribution in [-0.2, 0) is 0 Å². The molecule has 1 fully saturated rings. The van der Waals surface area contributed by atoms with E-state index in [4.69, 9.17) is 9.47 Å². The Kier molecular flexibility index (Phi) is 9.27. The van der Waals surface area contributed by atoms with Crippen molar-refractivity contribution < 1.29 is 14.3 Å². The fourth-order valence-corrected chi connectivity index (χ4v) is 4.17. The molecule has 0 spiro atoms. The van der Waals surface area contributed by atoms with Gasteiger partial charge in [-0.05, 0) is 67.1 Å². The third kappa shape index (κ3) is 7.19. The third-order valence-electron chi connectivity index (χ3n) is 6.02. The third-order valence-corrected chi connectivity index (χ3v) is 6.02. The van der Waals surface area contributed by atoms with Crippen LogP contribution in [0.25, 0.3) is 0 Å². The van der Waals surface area contributed by atoms with Gasteiger partial charge < -0.3 is 9.47 Å². The Bertz CT molecular complexity index is 743. The molecule has 0 bridgehead atoms. The molecule has 0 atom stereocenters. The standard InChI is InChI=1S/C27H36O3/c1-2-3-4-5-6-10-21-29-25-17-15-24(16-18-25)27(28)30-26-19-13-23(14-20-26)22-11-8-7-9-12-22/h13-20,22H,2-12,21H2,1H3. The van der Waals surface area contributed by atoms with Crippen LogP contribution in [0.3, 0.4) is 0 Å². The monoisotopic (exact) mass is 408 g/mol. The summed E-state index contributed by atoms with van der Waals surface area (Å²) < 4.78 is 11.3. The second-order valence-electron chi connectivity index (χ2n) is 8.43. The van der Waals surface area contributed by atoms with Crippen molar-refractivity contribution in [2.45, 2.75) is 83.5 Å². The summed E-state index contributed by atoms with van der Waals surface area (Å²) in [5.74, 6) is 1.73. The van der Waals surface area contributed by atoms with Crippen molar-refractivity contribution >= 4 is 5.97 Å². The van der Waals surface area contributed by atoms with Gasteiger partial charge >= 0.3 is 5.97 Å². The number of carbonyl (C=O) groups excluding carboxylic acids is 1. The van der Waals surface area contributed by atoms with E-state index >= 15 is 0 Å². The molecule has 0 N–H and O–H groups in total. The van der Waals surface area contributed by atoms with Crippen LogP contribution >= 0.6 is 0 Å². The van der Waals surface area contributed by atoms with Crippen LogP contribution in [0.1, 0.15) is 99.4 Å². The summed E-state index contributed by atoms with van der Waals surface area (Å²) in [7, 11) is 0. The van der Waals surface area contributed by atoms with Gasteiger partial charge in [-0.2, -0.15) is 0 Å². The fraction of sp³-hybridized carbons (Fsp3) is 0.519. The first-order valence-electron chi connectivity index (χ1n) is 11.8. The number of ether oxygens (including phenoxy) is 2. The molecule has 1 aliphatic carbocycles. The van der Waals surface area contributed by atoms with Crippen LogP contribution < -0.4 is 9.47 Å². The Balaban J connectivity index is 1.42. The Labute approximate surface area is 181 Å². The average molecular weight is 409 g/mol. The first-order chi connectivity index (χ1) is 14.8. The minimum absolute atomic E-state index is 0.331. The molecule has 1 aliphatic rings. The van der Waals surface area contributed by atoms with Gasteiger partial charge in [-0.25, -0.2) is 4.79 Å². The highest BCUT2D eigenvalue weighted by atomic mass is 16.5. The molecule has 30 heavy (non-hydrogen) atoms. The Morgan fingerprint density at radius 3 is 2.13 bits per heavy atom. The van der Waals surface area contributed by atoms with E-state index < -0.39 is 0 Å². The first-order valence-corrected chi connectivity index (χ1v) is 11.8. The predicted octanol–water partition coefficient (Wildman–Crippen LogP) is 7.69. The Morgan fingerprint density at radius 2 is 1.43 bits per heavy atom. The van der Waals surface area contributed by atoms with Crippen molar-refractivity contribution in [1.29, 1.82) is 0 Å². The van der Waals surface area contributed by atoms with Crippen molar-refractivity contribution in [3.63, 3.8) is 0 Å². The number of carbonyl (C=O) groups is 1. The van der Waals surface area contributed by atoms with Gasteiger partial charge in [0.2, 0.25) is 0 Å². The Morgan fingerprint density at radius 1 is 0.800 bits per heavy atom. The molecule has 0 radical (unpaired) electrons. The van der Waals surface area contributed by atoms with Crippen LogP contribution in [-0.4, -0.2) is 12.6 Å². The van der Waals surface area contributed by atoms with Gasteiger partial charge in [-0.15, -0.1) is 0 Å². The number of hydrogen-bond donors (Lipinski definition) is 0. The van der Waals surface area contributed by atoms with Crippen molar-refractivity contribution in [3.8, 4) is 11.5 Å². The molecular weight excluding hydrogens is 372 g/mol. The highest BCUT2D eigenvalue weighted by Crippen LogP contribution is 2.33. The number of hydrogen-bond acceptors (Lipinski definition) is 3. The second kappa shape index (κ2) is 12.4. The fourth-order valence-electron chi connectivity index (χ4n) is 4.17. The molecule has 1 saturated carbocycles. The molecule has 162 valence electrons. The van der Waals surface area contributed by atoms with E-state index in [-0.39, 0.29) is 5.97 Å². The minimum atomic E-state index is -0.331. The summed E-state index contributed by atoms with van der Waals surface area (Å²) in [5.41, 5.74) is 1.90. The molecule has 0 saturated heterocycles. The van der Waals surface area contributed by atoms with Crippen molar-refractivity contribution in [1.82, 2.24) is 0 Å². The molecular formula is C27H36O3. The number of unbranched alkanes of at least 4 members (excludes halogenated alkanes) is 5. The molecule has 3 heteroatoms. The number of benzene rings is 2. The zero-order chi connectivity index (χ0) is 21.0. The summed E-state index contributed by atoms with van der Waals surface area (Å²) in [6.45, 7) is 2.96. The smallest absolute Gasteiger partial charge is 0.343 e. The first kappa shape index (κ1) is 22.4. The van der Waals surface area contributed by atoms with Gasteiger partial charge in [0.05, 0.1) is 12.2 Å². The molecule has 0 aromatic heterocycles. The topological polar surface area (TPSA) is 35.5 Å². The minimum Gasteiger partial charge on any atom is -0.494 e. The normalized spacial score (nSPS) is 14.4. The lowest BCUT2D eigenvalue weighted by atomic mass is 9.84. The lowest BCUT2D eigenvalue weighted by Crippen LogP contribution is -2.09. The SMILES string of the molecule is CCCCCCCCOc1ccc(C(=O)Oc2ccc(C3CCCCC3)cc2)cc1. The van der Waals surface area contributed by atoms with E-state index in [1.165, 1.54) is 69.8 Å². The Hall–Kier alpha value is -2.29. The van der Waals surface area contributed by atoms with Gasteiger partial charge in [0.15, 0.2) is 0 Å². The zero-order valence-electron chi connectivity index (χ0n) is 18.4. The van der Waals surface area contributed by atoms with Gasteiger partial charge in [0, 0.05) is 0 Å². The number of rotatable bonds is 11. The van der Waals surface area contributed by atoms with Crippen LogP contribution in [0.2, 0.25) is 0 Å². The maximum atomic E-state index is 12.4. The van der Waals surface area contributed by atoms with Gasteiger partial charge in [0.1, 0.15) is 11.5 Å². The zero-order valence-corrected chi connectivity index (χ0v) is 18.4. The van der Waals surface area contributed by atoms with Crippen LogP contribution in [0.5, 0.6) is 11.5 Å². The van der Waals surface area contributed by atoms with Crippen LogP contribution in [0, 0.1) is 0 Å². The van der Waals surface area contributed by atoms with E-state index in [2.05, 4.69) is 19.1 Å². The van der Waals surface area contributed by atoms with E-state index in [1.807, 2.05) is 24.3 Å².